The van der Waals surface area contributed by atoms with Gasteiger partial charge < -0.3 is 21.5 Å². The van der Waals surface area contributed by atoms with Crippen LogP contribution in [0.4, 0.5) is 11.4 Å². The van der Waals surface area contributed by atoms with Crippen molar-refractivity contribution in [3.8, 4) is 5.75 Å². The van der Waals surface area contributed by atoms with Gasteiger partial charge in [0.2, 0.25) is 5.91 Å². The van der Waals surface area contributed by atoms with Crippen molar-refractivity contribution in [2.75, 3.05) is 17.2 Å². The van der Waals surface area contributed by atoms with Crippen molar-refractivity contribution >= 4 is 40.6 Å². The number of nitrogens with one attached hydrogen (secondary N) is 1. The largest absolute Gasteiger partial charge is 0.494 e. The second-order valence-electron chi connectivity index (χ2n) is 8.03. The molecule has 1 aromatic carbocycles. The van der Waals surface area contributed by atoms with Gasteiger partial charge in [-0.2, -0.15) is 4.37 Å². The molecule has 9 nitrogen and oxygen atoms in total. The zero-order valence-corrected chi connectivity index (χ0v) is 19.8. The summed E-state index contributed by atoms with van der Waals surface area (Å²) >= 11 is 0.804. The second-order valence-corrected chi connectivity index (χ2v) is 8.81. The highest BCUT2D eigenvalue weighted by atomic mass is 32.1. The van der Waals surface area contributed by atoms with E-state index < -0.39 is 17.9 Å². The summed E-state index contributed by atoms with van der Waals surface area (Å²) in [6, 6.07) is 6.34. The lowest BCUT2D eigenvalue weighted by Gasteiger charge is -2.31. The Morgan fingerprint density at radius 3 is 2.42 bits per heavy atom. The van der Waals surface area contributed by atoms with Gasteiger partial charge in [0.25, 0.3) is 11.8 Å². The Hall–Kier alpha value is -3.14. The van der Waals surface area contributed by atoms with E-state index in [4.69, 9.17) is 16.2 Å². The molecule has 3 rings (SSSR count). The van der Waals surface area contributed by atoms with Gasteiger partial charge in [-0.1, -0.05) is 26.2 Å². The molecular formula is C23H31N5O4S. The zero-order chi connectivity index (χ0) is 24.0. The van der Waals surface area contributed by atoms with Crippen molar-refractivity contribution < 1.29 is 19.1 Å². The average molecular weight is 474 g/mol. The molecular weight excluding hydrogens is 442 g/mol. The van der Waals surface area contributed by atoms with Gasteiger partial charge in [0.1, 0.15) is 16.7 Å². The van der Waals surface area contributed by atoms with Crippen LogP contribution >= 0.6 is 11.5 Å². The van der Waals surface area contributed by atoms with Crippen LogP contribution in [0.3, 0.4) is 0 Å². The van der Waals surface area contributed by atoms with Crippen LogP contribution in [0.25, 0.3) is 0 Å². The average Bonchev–Trinajstić information content (AvgIpc) is 3.44. The van der Waals surface area contributed by atoms with Gasteiger partial charge >= 0.3 is 0 Å². The Morgan fingerprint density at radius 2 is 1.88 bits per heavy atom. The molecule has 178 valence electrons. The molecule has 1 saturated carbocycles. The maximum absolute atomic E-state index is 13.7. The van der Waals surface area contributed by atoms with Gasteiger partial charge in [-0.05, 0) is 62.0 Å². The summed E-state index contributed by atoms with van der Waals surface area (Å²) in [5.41, 5.74) is 11.7. The van der Waals surface area contributed by atoms with Crippen LogP contribution in [0.1, 0.15) is 72.5 Å². The topological polar surface area (TPSA) is 141 Å². The van der Waals surface area contributed by atoms with Crippen molar-refractivity contribution in [3.63, 3.8) is 0 Å². The summed E-state index contributed by atoms with van der Waals surface area (Å²) < 4.78 is 9.47. The first-order chi connectivity index (χ1) is 15.9. The first-order valence-corrected chi connectivity index (χ1v) is 12.1. The molecule has 0 unspecified atom stereocenters. The van der Waals surface area contributed by atoms with E-state index in [0.29, 0.717) is 30.9 Å². The van der Waals surface area contributed by atoms with Crippen LogP contribution in [0, 0.1) is 0 Å². The summed E-state index contributed by atoms with van der Waals surface area (Å²) in [5, 5.41) is 3.11. The lowest BCUT2D eigenvalue weighted by Crippen LogP contribution is -2.51. The molecule has 1 aliphatic rings. The number of hydrogen-bond donors (Lipinski definition) is 3. The van der Waals surface area contributed by atoms with Gasteiger partial charge in [-0.25, -0.2) is 0 Å². The number of aromatic nitrogens is 1. The maximum Gasteiger partial charge on any atom is 0.272 e. The van der Waals surface area contributed by atoms with Crippen molar-refractivity contribution in [1.29, 1.82) is 0 Å². The molecule has 5 N–H and O–H groups in total. The molecule has 3 amide bonds. The number of nitrogen functional groups attached to an aromatic ring is 1. The van der Waals surface area contributed by atoms with Crippen LogP contribution in [0.5, 0.6) is 5.75 Å². The highest BCUT2D eigenvalue weighted by Crippen LogP contribution is 2.30. The summed E-state index contributed by atoms with van der Waals surface area (Å²) in [7, 11) is 0. The molecule has 2 aromatic rings. The van der Waals surface area contributed by atoms with Crippen LogP contribution < -0.4 is 26.4 Å². The zero-order valence-electron chi connectivity index (χ0n) is 19.0. The number of hydrogen-bond acceptors (Lipinski definition) is 7. The Kier molecular flexibility index (Phi) is 8.26. The Bertz CT molecular complexity index is 985. The number of ether oxygens (including phenoxy) is 1. The third-order valence-corrected chi connectivity index (χ3v) is 6.53. The quantitative estimate of drug-likeness (QED) is 0.484. The SMILES string of the molecule is CCC[C@H](C(=O)NC1CCCC1)N(C(=O)c1snc(C(N)=O)c1N)c1ccc(OCC)cc1. The number of nitrogens with two attached hydrogens (primary N) is 2. The number of carbonyl (C=O) groups excluding carboxylic acids is 3. The van der Waals surface area contributed by atoms with E-state index in [2.05, 4.69) is 9.69 Å². The fourth-order valence-electron chi connectivity index (χ4n) is 4.07. The number of carbonyl (C=O) groups is 3. The molecule has 0 spiro atoms. The lowest BCUT2D eigenvalue weighted by atomic mass is 10.1. The van der Waals surface area contributed by atoms with Gasteiger partial charge in [0.05, 0.1) is 12.3 Å². The highest BCUT2D eigenvalue weighted by molar-refractivity contribution is 7.09. The van der Waals surface area contributed by atoms with Crippen LogP contribution in [0.15, 0.2) is 24.3 Å². The monoisotopic (exact) mass is 473 g/mol. The smallest absolute Gasteiger partial charge is 0.272 e. The van der Waals surface area contributed by atoms with E-state index in [9.17, 15) is 14.4 Å². The first kappa shape index (κ1) is 24.5. The normalized spacial score (nSPS) is 14.6. The number of amides is 3. The Morgan fingerprint density at radius 1 is 1.21 bits per heavy atom. The molecule has 1 aliphatic carbocycles. The van der Waals surface area contributed by atoms with Crippen LogP contribution in [-0.2, 0) is 4.79 Å². The molecule has 1 atom stereocenters. The van der Waals surface area contributed by atoms with Crippen molar-refractivity contribution in [3.05, 3.63) is 34.8 Å². The molecule has 33 heavy (non-hydrogen) atoms. The van der Waals surface area contributed by atoms with Crippen LogP contribution in [-0.4, -0.2) is 40.8 Å². The molecule has 10 heteroatoms. The van der Waals surface area contributed by atoms with Crippen molar-refractivity contribution in [2.24, 2.45) is 5.73 Å². The van der Waals surface area contributed by atoms with E-state index in [-0.39, 0.29) is 28.2 Å². The number of primary amides is 1. The molecule has 0 aliphatic heterocycles. The van der Waals surface area contributed by atoms with E-state index in [1.54, 1.807) is 24.3 Å². The van der Waals surface area contributed by atoms with Gasteiger partial charge in [0.15, 0.2) is 5.69 Å². The van der Waals surface area contributed by atoms with E-state index >= 15 is 0 Å². The molecule has 1 heterocycles. The molecule has 0 bridgehead atoms. The first-order valence-electron chi connectivity index (χ1n) is 11.3. The summed E-state index contributed by atoms with van der Waals surface area (Å²) in [5.74, 6) is -0.852. The minimum Gasteiger partial charge on any atom is -0.494 e. The fraction of sp³-hybridized carbons (Fsp3) is 0.478. The van der Waals surface area contributed by atoms with E-state index in [0.717, 1.165) is 37.2 Å². The third-order valence-electron chi connectivity index (χ3n) is 5.68. The van der Waals surface area contributed by atoms with Crippen molar-refractivity contribution in [1.82, 2.24) is 9.69 Å². The molecule has 1 fully saturated rings. The summed E-state index contributed by atoms with van der Waals surface area (Å²) in [4.78, 5) is 40.2. The maximum atomic E-state index is 13.7. The molecule has 1 aromatic heterocycles. The number of anilines is 2. The van der Waals surface area contributed by atoms with Gasteiger partial charge in [0, 0.05) is 11.7 Å². The van der Waals surface area contributed by atoms with Gasteiger partial charge in [-0.15, -0.1) is 0 Å². The third kappa shape index (κ3) is 5.62. The van der Waals surface area contributed by atoms with Gasteiger partial charge in [-0.3, -0.25) is 19.3 Å². The number of benzene rings is 1. The fourth-order valence-corrected chi connectivity index (χ4v) is 4.81. The number of nitrogens with zero attached hydrogens (tertiary/aromatic N) is 2. The standard InChI is InChI=1S/C23H31N5O4S/c1-3-7-17(22(30)26-14-8-5-6-9-14)28(15-10-12-16(13-11-15)32-4-2)23(31)20-18(24)19(21(25)29)27-33-20/h10-14,17H,3-9,24H2,1-2H3,(H2,25,29)(H,26,30)/t17-/m1/s1. The highest BCUT2D eigenvalue weighted by Gasteiger charge is 2.35. The Labute approximate surface area is 197 Å². The minimum absolute atomic E-state index is 0.0695. The summed E-state index contributed by atoms with van der Waals surface area (Å²) in [6.45, 7) is 4.36. The molecule has 0 saturated heterocycles. The summed E-state index contributed by atoms with van der Waals surface area (Å²) in [6.07, 6.45) is 5.18. The Balaban J connectivity index is 2.01. The van der Waals surface area contributed by atoms with E-state index in [1.165, 1.54) is 4.90 Å². The molecule has 0 radical (unpaired) electrons. The predicted octanol–water partition coefficient (Wildman–Crippen LogP) is 3.10. The van der Waals surface area contributed by atoms with E-state index in [1.807, 2.05) is 13.8 Å². The predicted molar refractivity (Wildman–Crippen MR) is 129 cm³/mol. The lowest BCUT2D eigenvalue weighted by molar-refractivity contribution is -0.123. The van der Waals surface area contributed by atoms with Crippen LogP contribution in [0.2, 0.25) is 0 Å². The number of rotatable bonds is 10. The minimum atomic E-state index is -0.806. The second kappa shape index (κ2) is 11.1. The van der Waals surface area contributed by atoms with Crippen molar-refractivity contribution in [2.45, 2.75) is 64.5 Å².